The molecule has 21 heavy (non-hydrogen) atoms. The van der Waals surface area contributed by atoms with Gasteiger partial charge in [0.1, 0.15) is 0 Å². The van der Waals surface area contributed by atoms with Gasteiger partial charge >= 0.3 is 0 Å². The Kier molecular flexibility index (Phi) is 5.91. The highest BCUT2D eigenvalue weighted by molar-refractivity contribution is 6.39. The fourth-order valence-electron chi connectivity index (χ4n) is 2.97. The molecule has 1 aromatic rings. The van der Waals surface area contributed by atoms with E-state index in [4.69, 9.17) is 28.9 Å². The molecule has 0 spiro atoms. The topological polar surface area (TPSA) is 46.3 Å². The zero-order valence-corrected chi connectivity index (χ0v) is 13.9. The number of carbonyl (C=O) groups excluding carboxylic acids is 1. The number of nitrogens with zero attached hydrogens (tertiary/aromatic N) is 1. The number of nitrogen functional groups attached to an aromatic ring is 1. The first-order valence-corrected chi connectivity index (χ1v) is 8.30. The molecule has 1 aromatic carbocycles. The van der Waals surface area contributed by atoms with Crippen molar-refractivity contribution in [3.05, 3.63) is 27.7 Å². The van der Waals surface area contributed by atoms with Gasteiger partial charge in [-0.05, 0) is 31.5 Å². The number of carbonyl (C=O) groups is 1. The molecule has 2 N–H and O–H groups in total. The zero-order chi connectivity index (χ0) is 15.4. The van der Waals surface area contributed by atoms with Crippen LogP contribution in [0.1, 0.15) is 49.4 Å². The van der Waals surface area contributed by atoms with Crippen LogP contribution in [0.4, 0.5) is 5.69 Å². The highest BCUT2D eigenvalue weighted by Gasteiger charge is 2.22. The third-order valence-electron chi connectivity index (χ3n) is 4.25. The quantitative estimate of drug-likeness (QED) is 0.643. The molecule has 0 radical (unpaired) electrons. The lowest BCUT2D eigenvalue weighted by atomic mass is 9.94. The normalized spacial score (nSPS) is 16.4. The van der Waals surface area contributed by atoms with Crippen LogP contribution in [0.2, 0.25) is 10.0 Å². The number of Topliss-reactive ketones (excluding diaryl/α,β-unsaturated/α-hetero) is 1. The van der Waals surface area contributed by atoms with Gasteiger partial charge in [-0.2, -0.15) is 0 Å². The average molecular weight is 329 g/mol. The minimum absolute atomic E-state index is 0.0474. The predicted octanol–water partition coefficient (Wildman–Crippen LogP) is 4.41. The summed E-state index contributed by atoms with van der Waals surface area (Å²) in [5.74, 6) is 0.0474. The van der Waals surface area contributed by atoms with Crippen LogP contribution < -0.4 is 5.73 Å². The first kappa shape index (κ1) is 16.6. The van der Waals surface area contributed by atoms with E-state index in [1.807, 2.05) is 0 Å². The first-order chi connectivity index (χ1) is 10.0. The molecular weight excluding hydrogens is 307 g/mol. The average Bonchev–Trinajstić information content (AvgIpc) is 2.50. The van der Waals surface area contributed by atoms with Crippen molar-refractivity contribution in [3.63, 3.8) is 0 Å². The van der Waals surface area contributed by atoms with E-state index in [9.17, 15) is 4.79 Å². The number of benzene rings is 1. The summed E-state index contributed by atoms with van der Waals surface area (Å²) in [5, 5.41) is 0.679. The van der Waals surface area contributed by atoms with E-state index in [0.29, 0.717) is 33.9 Å². The lowest BCUT2D eigenvalue weighted by Gasteiger charge is -2.33. The van der Waals surface area contributed by atoms with Crippen molar-refractivity contribution in [3.8, 4) is 0 Å². The SMILES string of the molecule is CCN(CC(=O)c1cc(Cl)c(N)c(Cl)c1)C1CCCCC1. The molecule has 0 aromatic heterocycles. The van der Waals surface area contributed by atoms with E-state index in [-0.39, 0.29) is 5.78 Å². The van der Waals surface area contributed by atoms with Crippen molar-refractivity contribution in [2.24, 2.45) is 0 Å². The third-order valence-corrected chi connectivity index (χ3v) is 4.87. The minimum Gasteiger partial charge on any atom is -0.396 e. The molecule has 0 amide bonds. The molecule has 0 saturated heterocycles. The predicted molar refractivity (Wildman–Crippen MR) is 89.3 cm³/mol. The summed E-state index contributed by atoms with van der Waals surface area (Å²) in [6.07, 6.45) is 6.20. The number of anilines is 1. The number of hydrogen-bond acceptors (Lipinski definition) is 3. The Morgan fingerprint density at radius 3 is 2.33 bits per heavy atom. The molecule has 0 bridgehead atoms. The number of ketones is 1. The summed E-state index contributed by atoms with van der Waals surface area (Å²) in [6, 6.07) is 3.74. The first-order valence-electron chi connectivity index (χ1n) is 7.54. The largest absolute Gasteiger partial charge is 0.396 e. The van der Waals surface area contributed by atoms with Gasteiger partial charge in [0.25, 0.3) is 0 Å². The van der Waals surface area contributed by atoms with Crippen molar-refractivity contribution in [1.82, 2.24) is 4.90 Å². The maximum Gasteiger partial charge on any atom is 0.176 e. The van der Waals surface area contributed by atoms with Crippen LogP contribution >= 0.6 is 23.2 Å². The number of nitrogens with two attached hydrogens (primary N) is 1. The van der Waals surface area contributed by atoms with Crippen LogP contribution in [-0.4, -0.2) is 29.8 Å². The molecule has 3 nitrogen and oxygen atoms in total. The van der Waals surface area contributed by atoms with Crippen molar-refractivity contribution >= 4 is 34.7 Å². The van der Waals surface area contributed by atoms with Gasteiger partial charge in [0.15, 0.2) is 5.78 Å². The van der Waals surface area contributed by atoms with Gasteiger partial charge in [0.05, 0.1) is 22.3 Å². The molecule has 0 heterocycles. The van der Waals surface area contributed by atoms with Gasteiger partial charge in [0.2, 0.25) is 0 Å². The van der Waals surface area contributed by atoms with Crippen LogP contribution in [0, 0.1) is 0 Å². The Labute approximate surface area is 136 Å². The van der Waals surface area contributed by atoms with Crippen LogP contribution in [0.5, 0.6) is 0 Å². The fourth-order valence-corrected chi connectivity index (χ4v) is 3.45. The van der Waals surface area contributed by atoms with E-state index >= 15 is 0 Å². The number of hydrogen-bond donors (Lipinski definition) is 1. The zero-order valence-electron chi connectivity index (χ0n) is 12.4. The summed E-state index contributed by atoms with van der Waals surface area (Å²) < 4.78 is 0. The fraction of sp³-hybridized carbons (Fsp3) is 0.562. The molecule has 1 aliphatic carbocycles. The van der Waals surface area contributed by atoms with Crippen molar-refractivity contribution < 1.29 is 4.79 Å². The van der Waals surface area contributed by atoms with E-state index < -0.39 is 0 Å². The Bertz CT molecular complexity index is 490. The lowest BCUT2D eigenvalue weighted by molar-refractivity contribution is 0.0868. The Morgan fingerprint density at radius 1 is 1.24 bits per heavy atom. The Hall–Kier alpha value is -0.770. The molecule has 5 heteroatoms. The summed E-state index contributed by atoms with van der Waals surface area (Å²) in [6.45, 7) is 3.40. The summed E-state index contributed by atoms with van der Waals surface area (Å²) in [4.78, 5) is 14.7. The van der Waals surface area contributed by atoms with Gasteiger partial charge in [0, 0.05) is 11.6 Å². The van der Waals surface area contributed by atoms with Gasteiger partial charge in [-0.1, -0.05) is 49.4 Å². The third kappa shape index (κ3) is 4.12. The Balaban J connectivity index is 2.08. The molecule has 0 unspecified atom stereocenters. The Morgan fingerprint density at radius 2 is 1.81 bits per heavy atom. The van der Waals surface area contributed by atoms with Crippen molar-refractivity contribution in [2.45, 2.75) is 45.1 Å². The smallest absolute Gasteiger partial charge is 0.176 e. The summed E-state index contributed by atoms with van der Waals surface area (Å²) in [5.41, 5.74) is 6.57. The van der Waals surface area contributed by atoms with E-state index in [0.717, 1.165) is 6.54 Å². The minimum atomic E-state index is 0.0474. The highest BCUT2D eigenvalue weighted by Crippen LogP contribution is 2.29. The van der Waals surface area contributed by atoms with E-state index in [1.165, 1.54) is 32.1 Å². The van der Waals surface area contributed by atoms with Gasteiger partial charge in [-0.25, -0.2) is 0 Å². The molecule has 116 valence electrons. The molecule has 2 rings (SSSR count). The lowest BCUT2D eigenvalue weighted by Crippen LogP contribution is -2.40. The van der Waals surface area contributed by atoms with Crippen LogP contribution in [0.25, 0.3) is 0 Å². The van der Waals surface area contributed by atoms with Gasteiger partial charge in [-0.3, -0.25) is 9.69 Å². The van der Waals surface area contributed by atoms with Gasteiger partial charge in [-0.15, -0.1) is 0 Å². The van der Waals surface area contributed by atoms with Gasteiger partial charge < -0.3 is 5.73 Å². The number of likely N-dealkylation sites (N-methyl/N-ethyl adjacent to an activating group) is 1. The summed E-state index contributed by atoms with van der Waals surface area (Å²) >= 11 is 12.0. The van der Waals surface area contributed by atoms with Crippen molar-refractivity contribution in [1.29, 1.82) is 0 Å². The van der Waals surface area contributed by atoms with Crippen molar-refractivity contribution in [2.75, 3.05) is 18.8 Å². The molecule has 0 atom stereocenters. The van der Waals surface area contributed by atoms with E-state index in [2.05, 4.69) is 11.8 Å². The second-order valence-electron chi connectivity index (χ2n) is 5.63. The second-order valence-corrected chi connectivity index (χ2v) is 6.45. The maximum absolute atomic E-state index is 12.5. The van der Waals surface area contributed by atoms with Crippen LogP contribution in [-0.2, 0) is 0 Å². The highest BCUT2D eigenvalue weighted by atomic mass is 35.5. The molecule has 1 aliphatic rings. The molecule has 1 fully saturated rings. The molecular formula is C16H22Cl2N2O. The monoisotopic (exact) mass is 328 g/mol. The number of halogens is 2. The van der Waals surface area contributed by atoms with E-state index in [1.54, 1.807) is 12.1 Å². The second kappa shape index (κ2) is 7.48. The molecule has 0 aliphatic heterocycles. The standard InChI is InChI=1S/C16H22Cl2N2O/c1-2-20(12-6-4-3-5-7-12)10-15(21)11-8-13(17)16(19)14(18)9-11/h8-9,12H,2-7,10,19H2,1H3. The number of rotatable bonds is 5. The summed E-state index contributed by atoms with van der Waals surface area (Å²) in [7, 11) is 0. The van der Waals surface area contributed by atoms with Crippen LogP contribution in [0.3, 0.4) is 0 Å². The van der Waals surface area contributed by atoms with Crippen LogP contribution in [0.15, 0.2) is 12.1 Å². The molecule has 1 saturated carbocycles. The maximum atomic E-state index is 12.5.